The smallest absolute Gasteiger partial charge is 0.265 e. The summed E-state index contributed by atoms with van der Waals surface area (Å²) in [4.78, 5) is 15.6. The van der Waals surface area contributed by atoms with Crippen molar-refractivity contribution in [1.82, 2.24) is 10.4 Å². The van der Waals surface area contributed by atoms with Crippen LogP contribution in [0.1, 0.15) is 16.1 Å². The van der Waals surface area contributed by atoms with E-state index in [4.69, 9.17) is 10.6 Å². The van der Waals surface area contributed by atoms with E-state index in [1.165, 1.54) is 0 Å². The SMILES string of the molecule is COc1cc(C(=O)NN)ccc1-c1ccnc(C)c1.Cl.Cl. The van der Waals surface area contributed by atoms with E-state index in [9.17, 15) is 4.79 Å². The fourth-order valence-electron chi connectivity index (χ4n) is 1.87. The van der Waals surface area contributed by atoms with Gasteiger partial charge in [-0.25, -0.2) is 5.84 Å². The molecule has 1 amide bonds. The molecule has 0 radical (unpaired) electrons. The van der Waals surface area contributed by atoms with Crippen LogP contribution in [0.2, 0.25) is 0 Å². The first-order valence-electron chi connectivity index (χ1n) is 5.77. The largest absolute Gasteiger partial charge is 0.496 e. The topological polar surface area (TPSA) is 77.2 Å². The van der Waals surface area contributed by atoms with Crippen molar-refractivity contribution in [3.05, 3.63) is 47.8 Å². The molecule has 0 saturated heterocycles. The van der Waals surface area contributed by atoms with Crippen molar-refractivity contribution in [2.75, 3.05) is 7.11 Å². The predicted octanol–water partition coefficient (Wildman–Crippen LogP) is 2.51. The Labute approximate surface area is 135 Å². The van der Waals surface area contributed by atoms with E-state index in [0.717, 1.165) is 16.8 Å². The van der Waals surface area contributed by atoms with E-state index in [2.05, 4.69) is 10.4 Å². The third kappa shape index (κ3) is 4.32. The first kappa shape index (κ1) is 19.2. The summed E-state index contributed by atoms with van der Waals surface area (Å²) in [6.45, 7) is 1.92. The number of hydrogen-bond acceptors (Lipinski definition) is 4. The van der Waals surface area contributed by atoms with Crippen molar-refractivity contribution in [2.24, 2.45) is 5.84 Å². The fourth-order valence-corrected chi connectivity index (χ4v) is 1.87. The van der Waals surface area contributed by atoms with Gasteiger partial charge in [0.1, 0.15) is 5.75 Å². The monoisotopic (exact) mass is 329 g/mol. The van der Waals surface area contributed by atoms with E-state index >= 15 is 0 Å². The van der Waals surface area contributed by atoms with Gasteiger partial charge in [-0.2, -0.15) is 0 Å². The maximum atomic E-state index is 11.5. The molecule has 1 aromatic carbocycles. The van der Waals surface area contributed by atoms with Crippen molar-refractivity contribution < 1.29 is 9.53 Å². The summed E-state index contributed by atoms with van der Waals surface area (Å²) in [7, 11) is 1.57. The van der Waals surface area contributed by atoms with Gasteiger partial charge in [-0.15, -0.1) is 24.8 Å². The summed E-state index contributed by atoms with van der Waals surface area (Å²) >= 11 is 0. The number of carbonyl (C=O) groups excluding carboxylic acids is 1. The third-order valence-electron chi connectivity index (χ3n) is 2.80. The van der Waals surface area contributed by atoms with E-state index in [-0.39, 0.29) is 30.7 Å². The van der Waals surface area contributed by atoms with E-state index in [0.29, 0.717) is 11.3 Å². The molecule has 21 heavy (non-hydrogen) atoms. The molecule has 0 aliphatic heterocycles. The van der Waals surface area contributed by atoms with Gasteiger partial charge in [0, 0.05) is 23.0 Å². The molecule has 0 atom stereocenters. The lowest BCUT2D eigenvalue weighted by atomic mass is 10.0. The zero-order chi connectivity index (χ0) is 13.8. The molecule has 5 nitrogen and oxygen atoms in total. The van der Waals surface area contributed by atoms with Crippen LogP contribution in [0.3, 0.4) is 0 Å². The first-order chi connectivity index (χ1) is 9.15. The van der Waals surface area contributed by atoms with Crippen LogP contribution in [0.4, 0.5) is 0 Å². The first-order valence-corrected chi connectivity index (χ1v) is 5.77. The Morgan fingerprint density at radius 3 is 2.52 bits per heavy atom. The van der Waals surface area contributed by atoms with Crippen LogP contribution in [0.15, 0.2) is 36.5 Å². The van der Waals surface area contributed by atoms with Crippen LogP contribution in [0.5, 0.6) is 5.75 Å². The van der Waals surface area contributed by atoms with Gasteiger partial charge < -0.3 is 4.74 Å². The number of aromatic nitrogens is 1. The second kappa shape index (κ2) is 8.46. The lowest BCUT2D eigenvalue weighted by Gasteiger charge is -2.10. The number of nitrogens with zero attached hydrogens (tertiary/aromatic N) is 1. The number of nitrogens with two attached hydrogens (primary N) is 1. The number of rotatable bonds is 3. The van der Waals surface area contributed by atoms with Gasteiger partial charge in [0.2, 0.25) is 0 Å². The lowest BCUT2D eigenvalue weighted by molar-refractivity contribution is 0.0953. The maximum absolute atomic E-state index is 11.5. The molecule has 3 N–H and O–H groups in total. The van der Waals surface area contributed by atoms with Gasteiger partial charge in [0.15, 0.2) is 0 Å². The van der Waals surface area contributed by atoms with Crippen molar-refractivity contribution >= 4 is 30.7 Å². The maximum Gasteiger partial charge on any atom is 0.265 e. The highest BCUT2D eigenvalue weighted by molar-refractivity contribution is 5.95. The zero-order valence-corrected chi connectivity index (χ0v) is 13.3. The molecule has 0 aliphatic carbocycles. The molecule has 2 rings (SSSR count). The van der Waals surface area contributed by atoms with E-state index < -0.39 is 0 Å². The molecule has 0 aliphatic rings. The molecule has 0 bridgehead atoms. The molecule has 114 valence electrons. The molecule has 1 heterocycles. The third-order valence-corrected chi connectivity index (χ3v) is 2.80. The molecular weight excluding hydrogens is 313 g/mol. The second-order valence-corrected chi connectivity index (χ2v) is 4.07. The highest BCUT2D eigenvalue weighted by Crippen LogP contribution is 2.30. The molecule has 0 saturated carbocycles. The van der Waals surface area contributed by atoms with Gasteiger partial charge in [-0.05, 0) is 42.8 Å². The predicted molar refractivity (Wildman–Crippen MR) is 87.1 cm³/mol. The Bertz CT molecular complexity index is 621. The van der Waals surface area contributed by atoms with Gasteiger partial charge in [0.05, 0.1) is 7.11 Å². The summed E-state index contributed by atoms with van der Waals surface area (Å²) in [5.74, 6) is 5.38. The molecule has 2 aromatic rings. The molecule has 7 heteroatoms. The highest BCUT2D eigenvalue weighted by Gasteiger charge is 2.10. The van der Waals surface area contributed by atoms with Crippen LogP contribution in [0.25, 0.3) is 11.1 Å². The normalized spacial score (nSPS) is 9.10. The molecule has 1 aromatic heterocycles. The minimum atomic E-state index is -0.351. The Balaban J connectivity index is 0.00000200. The van der Waals surface area contributed by atoms with Crippen LogP contribution < -0.4 is 16.0 Å². The Morgan fingerprint density at radius 2 is 1.95 bits per heavy atom. The number of hydrazine groups is 1. The summed E-state index contributed by atoms with van der Waals surface area (Å²) in [5, 5.41) is 0. The lowest BCUT2D eigenvalue weighted by Crippen LogP contribution is -2.29. The van der Waals surface area contributed by atoms with Crippen molar-refractivity contribution in [2.45, 2.75) is 6.92 Å². The van der Waals surface area contributed by atoms with Crippen molar-refractivity contribution in [3.8, 4) is 16.9 Å². The standard InChI is InChI=1S/C14H15N3O2.2ClH/c1-9-7-10(5-6-16-9)12-4-3-11(14(18)17-15)8-13(12)19-2;;/h3-8H,15H2,1-2H3,(H,17,18);2*1H. The molecule has 0 fully saturated rings. The Hall–Kier alpha value is -1.82. The van der Waals surface area contributed by atoms with Crippen molar-refractivity contribution in [1.29, 1.82) is 0 Å². The minimum absolute atomic E-state index is 0. The number of carbonyl (C=O) groups is 1. The molecule has 0 spiro atoms. The van der Waals surface area contributed by atoms with Gasteiger partial charge in [-0.1, -0.05) is 0 Å². The number of hydrogen-bond donors (Lipinski definition) is 2. The quantitative estimate of drug-likeness (QED) is 0.515. The van der Waals surface area contributed by atoms with Crippen LogP contribution in [-0.2, 0) is 0 Å². The summed E-state index contributed by atoms with van der Waals surface area (Å²) < 4.78 is 5.33. The molecule has 0 unspecified atom stereocenters. The number of amides is 1. The Morgan fingerprint density at radius 1 is 1.24 bits per heavy atom. The van der Waals surface area contributed by atoms with Crippen LogP contribution in [0, 0.1) is 6.92 Å². The minimum Gasteiger partial charge on any atom is -0.496 e. The van der Waals surface area contributed by atoms with E-state index in [1.807, 2.05) is 25.1 Å². The van der Waals surface area contributed by atoms with Crippen LogP contribution in [-0.4, -0.2) is 18.0 Å². The van der Waals surface area contributed by atoms with Gasteiger partial charge in [-0.3, -0.25) is 15.2 Å². The highest BCUT2D eigenvalue weighted by atomic mass is 35.5. The number of pyridine rings is 1. The second-order valence-electron chi connectivity index (χ2n) is 4.07. The van der Waals surface area contributed by atoms with Gasteiger partial charge >= 0.3 is 0 Å². The number of nitrogen functional groups attached to an aromatic ring is 1. The summed E-state index contributed by atoms with van der Waals surface area (Å²) in [5.41, 5.74) is 5.36. The average molecular weight is 330 g/mol. The van der Waals surface area contributed by atoms with Crippen molar-refractivity contribution in [3.63, 3.8) is 0 Å². The zero-order valence-electron chi connectivity index (χ0n) is 11.6. The number of halogens is 2. The number of ether oxygens (including phenoxy) is 1. The number of benzene rings is 1. The van der Waals surface area contributed by atoms with Crippen LogP contribution >= 0.6 is 24.8 Å². The average Bonchev–Trinajstić information content (AvgIpc) is 2.45. The summed E-state index contributed by atoms with van der Waals surface area (Å²) in [6.07, 6.45) is 1.74. The number of aryl methyl sites for hydroxylation is 1. The summed E-state index contributed by atoms with van der Waals surface area (Å²) in [6, 6.07) is 9.05. The fraction of sp³-hybridized carbons (Fsp3) is 0.143. The molecular formula is C14H17Cl2N3O2. The number of methoxy groups -OCH3 is 1. The van der Waals surface area contributed by atoms with Gasteiger partial charge in [0.25, 0.3) is 5.91 Å². The number of nitrogens with one attached hydrogen (secondary N) is 1. The Kier molecular flexibility index (Phi) is 7.73. The van der Waals surface area contributed by atoms with E-state index in [1.54, 1.807) is 25.4 Å².